The molecule has 13 nitrogen and oxygen atoms in total. The minimum Gasteiger partial charge on any atom is -0.460 e. The number of carbonyl (C=O) groups excluding carboxylic acids is 4. The molecule has 2 bridgehead atoms. The van der Waals surface area contributed by atoms with Gasteiger partial charge >= 0.3 is 11.9 Å². The van der Waals surface area contributed by atoms with Gasteiger partial charge in [-0.3, -0.25) is 24.0 Å². The summed E-state index contributed by atoms with van der Waals surface area (Å²) in [6.07, 6.45) is 4.65. The van der Waals surface area contributed by atoms with Crippen molar-refractivity contribution >= 4 is 29.8 Å². The number of carbonyl (C=O) groups is 4. The lowest BCUT2D eigenvalue weighted by Gasteiger charge is -2.49. The number of hydrogen-bond acceptors (Lipinski definition) is 11. The molecule has 50 heavy (non-hydrogen) atoms. The van der Waals surface area contributed by atoms with Gasteiger partial charge in [-0.05, 0) is 70.1 Å². The lowest BCUT2D eigenvalue weighted by molar-refractivity contribution is -0.235. The number of nitrogens with zero attached hydrogens (tertiary/aromatic N) is 2. The molecule has 13 heteroatoms. The van der Waals surface area contributed by atoms with Crippen LogP contribution in [0.3, 0.4) is 0 Å². The zero-order valence-electron chi connectivity index (χ0n) is 29.5. The second-order valence-electron chi connectivity index (χ2n) is 15.9. The van der Waals surface area contributed by atoms with Gasteiger partial charge in [-0.2, -0.15) is 5.06 Å². The second kappa shape index (κ2) is 13.0. The Hall–Kier alpha value is -3.36. The molecule has 0 aromatic heterocycles. The molecule has 3 saturated carbocycles. The molecule has 0 spiro atoms. The lowest BCUT2D eigenvalue weighted by Crippen LogP contribution is -2.70. The maximum Gasteiger partial charge on any atom is 0.327 e. The fourth-order valence-electron chi connectivity index (χ4n) is 8.17. The van der Waals surface area contributed by atoms with Crippen LogP contribution < -0.4 is 5.32 Å². The highest BCUT2D eigenvalue weighted by atomic mass is 16.8. The number of fused-ring (bicyclic) bond motifs is 4. The van der Waals surface area contributed by atoms with Gasteiger partial charge in [0.05, 0.1) is 19.2 Å². The van der Waals surface area contributed by atoms with E-state index in [1.54, 1.807) is 40.9 Å². The van der Waals surface area contributed by atoms with Crippen LogP contribution in [0, 0.1) is 17.3 Å². The molecule has 6 fully saturated rings. The molecule has 3 saturated heterocycles. The summed E-state index contributed by atoms with van der Waals surface area (Å²) in [7, 11) is 3.36. The molecule has 1 aromatic rings. The van der Waals surface area contributed by atoms with E-state index in [1.165, 1.54) is 16.0 Å². The van der Waals surface area contributed by atoms with Crippen LogP contribution in [0.4, 0.5) is 0 Å². The zero-order chi connectivity index (χ0) is 35.6. The van der Waals surface area contributed by atoms with Crippen molar-refractivity contribution in [2.75, 3.05) is 20.7 Å². The molecule has 1 aromatic carbocycles. The Morgan fingerprint density at radius 2 is 1.82 bits per heavy atom. The average molecular weight is 696 g/mol. The Bertz CT molecular complexity index is 1540. The number of ether oxygens (including phenoxy) is 4. The number of esters is 2. The van der Waals surface area contributed by atoms with Gasteiger partial charge < -0.3 is 34.3 Å². The van der Waals surface area contributed by atoms with Gasteiger partial charge in [0.2, 0.25) is 11.8 Å². The molecule has 3 aliphatic heterocycles. The topological polar surface area (TPSA) is 153 Å². The second-order valence-corrected chi connectivity index (χ2v) is 15.9. The first-order valence-electron chi connectivity index (χ1n) is 17.9. The van der Waals surface area contributed by atoms with Crippen molar-refractivity contribution in [2.24, 2.45) is 17.3 Å². The maximum atomic E-state index is 14.7. The summed E-state index contributed by atoms with van der Waals surface area (Å²) >= 11 is 0. The van der Waals surface area contributed by atoms with Crippen LogP contribution in [0.5, 0.6) is 0 Å². The minimum atomic E-state index is -1.41. The monoisotopic (exact) mass is 695 g/mol. The SMILES string of the molecule is CN(C)C(=O)C=Cc1cccc(CN2OC3C4OC(C5CC5)(C5CC5)OC4C4CC3(C(=O)NC(CO)CCC(=O)OC(C)(C)C)C2C(=O)O4)c1. The van der Waals surface area contributed by atoms with E-state index in [2.05, 4.69) is 5.32 Å². The van der Waals surface area contributed by atoms with E-state index >= 15 is 0 Å². The fraction of sp³-hybridized carbons (Fsp3) is 0.676. The van der Waals surface area contributed by atoms with Gasteiger partial charge in [0, 0.05) is 44.8 Å². The number of hydroxylamine groups is 2. The highest BCUT2D eigenvalue weighted by Crippen LogP contribution is 2.63. The van der Waals surface area contributed by atoms with Crippen molar-refractivity contribution in [3.05, 3.63) is 41.5 Å². The van der Waals surface area contributed by atoms with Crippen molar-refractivity contribution < 1.29 is 48.1 Å². The summed E-state index contributed by atoms with van der Waals surface area (Å²) < 4.78 is 25.2. The average Bonchev–Trinajstić information content (AvgIpc) is 4.00. The normalized spacial score (nSPS) is 32.0. The van der Waals surface area contributed by atoms with E-state index in [0.717, 1.165) is 36.8 Å². The molecule has 2 N–H and O–H groups in total. The Balaban J connectivity index is 1.18. The molecular weight excluding hydrogens is 646 g/mol. The standard InChI is InChI=1S/C37H49N3O10/c1-35(2,3)47-28(43)16-14-25(20-41)38-34(45)36-18-26-29-30(49-37(48-29,23-10-11-23)24-12-13-24)32(36)50-40(31(36)33(44)46-26)19-22-8-6-7-21(17-22)9-15-27(42)39(4)5/h6-9,15,17,23-26,29-32,41H,10-14,16,18-20H2,1-5H3,(H,38,45). The first-order chi connectivity index (χ1) is 23.7. The Morgan fingerprint density at radius 1 is 1.12 bits per heavy atom. The molecule has 3 aliphatic carbocycles. The number of aliphatic hydroxyl groups excluding tert-OH is 1. The van der Waals surface area contributed by atoms with Crippen molar-refractivity contribution in [3.8, 4) is 0 Å². The van der Waals surface area contributed by atoms with Crippen molar-refractivity contribution in [3.63, 3.8) is 0 Å². The molecule has 0 radical (unpaired) electrons. The van der Waals surface area contributed by atoms with E-state index in [0.29, 0.717) is 0 Å². The number of amides is 2. The third kappa shape index (κ3) is 6.47. The molecule has 7 unspecified atom stereocenters. The van der Waals surface area contributed by atoms with E-state index in [1.807, 2.05) is 24.3 Å². The summed E-state index contributed by atoms with van der Waals surface area (Å²) in [5.41, 5.74) is -0.495. The van der Waals surface area contributed by atoms with Crippen LogP contribution >= 0.6 is 0 Å². The molecule has 3 heterocycles. The molecule has 2 amide bonds. The molecule has 7 rings (SSSR count). The van der Waals surface area contributed by atoms with Gasteiger partial charge in [-0.25, -0.2) is 0 Å². The first-order valence-corrected chi connectivity index (χ1v) is 17.9. The Labute approximate surface area is 292 Å². The van der Waals surface area contributed by atoms with Gasteiger partial charge in [0.25, 0.3) is 0 Å². The third-order valence-corrected chi connectivity index (χ3v) is 10.7. The minimum absolute atomic E-state index is 0.00615. The van der Waals surface area contributed by atoms with Gasteiger partial charge in [-0.1, -0.05) is 24.3 Å². The van der Waals surface area contributed by atoms with Crippen molar-refractivity contribution in [1.29, 1.82) is 0 Å². The number of hydrogen-bond donors (Lipinski definition) is 2. The molecule has 6 aliphatic rings. The largest absolute Gasteiger partial charge is 0.460 e. The Kier molecular flexibility index (Phi) is 9.12. The van der Waals surface area contributed by atoms with Gasteiger partial charge in [-0.15, -0.1) is 0 Å². The number of likely N-dealkylation sites (N-methyl/N-ethyl adjacent to an activating group) is 1. The van der Waals surface area contributed by atoms with Crippen LogP contribution in [-0.4, -0.2) is 107 Å². The number of nitrogens with one attached hydrogen (secondary N) is 1. The van der Waals surface area contributed by atoms with E-state index in [-0.39, 0.29) is 43.6 Å². The van der Waals surface area contributed by atoms with E-state index < -0.39 is 77.8 Å². The number of rotatable bonds is 12. The molecule has 7 atom stereocenters. The van der Waals surface area contributed by atoms with Gasteiger partial charge in [0.15, 0.2) is 11.8 Å². The summed E-state index contributed by atoms with van der Waals surface area (Å²) in [6.45, 7) is 5.08. The maximum absolute atomic E-state index is 14.7. The highest BCUT2D eigenvalue weighted by Gasteiger charge is 2.78. The summed E-state index contributed by atoms with van der Waals surface area (Å²) in [4.78, 5) is 61.6. The zero-order valence-corrected chi connectivity index (χ0v) is 29.5. The van der Waals surface area contributed by atoms with Gasteiger partial charge in [0.1, 0.15) is 35.4 Å². The number of aliphatic hydroxyl groups is 1. The highest BCUT2D eigenvalue weighted by molar-refractivity contribution is 5.94. The van der Waals surface area contributed by atoms with Crippen molar-refractivity contribution in [1.82, 2.24) is 15.3 Å². The predicted octanol–water partition coefficient (Wildman–Crippen LogP) is 2.49. The van der Waals surface area contributed by atoms with Crippen molar-refractivity contribution in [2.45, 2.75) is 120 Å². The predicted molar refractivity (Wildman–Crippen MR) is 177 cm³/mol. The smallest absolute Gasteiger partial charge is 0.327 e. The van der Waals surface area contributed by atoms with Crippen LogP contribution in [0.25, 0.3) is 6.08 Å². The van der Waals surface area contributed by atoms with Crippen LogP contribution in [0.1, 0.15) is 76.8 Å². The summed E-state index contributed by atoms with van der Waals surface area (Å²) in [5, 5.41) is 14.8. The summed E-state index contributed by atoms with van der Waals surface area (Å²) in [5.74, 6) is -1.92. The van der Waals surface area contributed by atoms with Crippen LogP contribution in [0.15, 0.2) is 30.3 Å². The number of benzene rings is 1. The third-order valence-electron chi connectivity index (χ3n) is 10.7. The molecule has 272 valence electrons. The Morgan fingerprint density at radius 3 is 2.46 bits per heavy atom. The van der Waals surface area contributed by atoms with Crippen LogP contribution in [0.2, 0.25) is 0 Å². The summed E-state index contributed by atoms with van der Waals surface area (Å²) in [6, 6.07) is 5.65. The van der Waals surface area contributed by atoms with E-state index in [4.69, 9.17) is 23.8 Å². The first kappa shape index (κ1) is 35.1. The van der Waals surface area contributed by atoms with Crippen LogP contribution in [-0.2, 0) is 49.5 Å². The lowest BCUT2D eigenvalue weighted by atomic mass is 9.62. The molecular formula is C37H49N3O10. The van der Waals surface area contributed by atoms with E-state index in [9.17, 15) is 24.3 Å². The quantitative estimate of drug-likeness (QED) is 0.245. The fourth-order valence-corrected chi connectivity index (χ4v) is 8.17.